The maximum absolute atomic E-state index is 5.97. The van der Waals surface area contributed by atoms with E-state index in [2.05, 4.69) is 4.98 Å². The summed E-state index contributed by atoms with van der Waals surface area (Å²) in [5.74, 6) is 0. The van der Waals surface area contributed by atoms with Gasteiger partial charge < -0.3 is 10.5 Å². The van der Waals surface area contributed by atoms with E-state index in [1.165, 1.54) is 0 Å². The topological polar surface area (TPSA) is 48.1 Å². The average Bonchev–Trinajstić information content (AvgIpc) is 2.40. The van der Waals surface area contributed by atoms with Gasteiger partial charge in [-0.05, 0) is 36.8 Å². The van der Waals surface area contributed by atoms with E-state index < -0.39 is 0 Å². The van der Waals surface area contributed by atoms with Crippen LogP contribution in [0.25, 0.3) is 0 Å². The van der Waals surface area contributed by atoms with Gasteiger partial charge in [0.1, 0.15) is 6.10 Å². The Morgan fingerprint density at radius 2 is 2.11 bits per heavy atom. The van der Waals surface area contributed by atoms with Gasteiger partial charge in [0, 0.05) is 17.3 Å². The van der Waals surface area contributed by atoms with Crippen LogP contribution in [0.15, 0.2) is 48.7 Å². The summed E-state index contributed by atoms with van der Waals surface area (Å²) in [5.41, 5.74) is 7.84. The summed E-state index contributed by atoms with van der Waals surface area (Å²) in [7, 11) is 0. The summed E-state index contributed by atoms with van der Waals surface area (Å²) >= 11 is 5.95. The van der Waals surface area contributed by atoms with E-state index in [4.69, 9.17) is 22.1 Å². The van der Waals surface area contributed by atoms with Crippen LogP contribution < -0.4 is 5.73 Å². The Labute approximate surface area is 118 Å². The molecule has 0 spiro atoms. The number of pyridine rings is 1. The molecule has 0 fully saturated rings. The van der Waals surface area contributed by atoms with E-state index >= 15 is 0 Å². The van der Waals surface area contributed by atoms with Crippen LogP contribution in [0.5, 0.6) is 0 Å². The number of nitrogens with two attached hydrogens (primary N) is 1. The molecule has 0 saturated heterocycles. The Morgan fingerprint density at radius 3 is 2.74 bits per heavy atom. The van der Waals surface area contributed by atoms with Crippen LogP contribution in [0.2, 0.25) is 5.02 Å². The lowest BCUT2D eigenvalue weighted by molar-refractivity contribution is 0.0231. The van der Waals surface area contributed by atoms with Crippen molar-refractivity contribution in [1.82, 2.24) is 4.98 Å². The number of benzene rings is 1. The predicted octanol–water partition coefficient (Wildman–Crippen LogP) is 3.34. The monoisotopic (exact) mass is 276 g/mol. The predicted molar refractivity (Wildman–Crippen MR) is 76.9 cm³/mol. The van der Waals surface area contributed by atoms with Gasteiger partial charge in [0.25, 0.3) is 0 Å². The van der Waals surface area contributed by atoms with Crippen molar-refractivity contribution in [3.05, 3.63) is 64.9 Å². The number of hydrogen-bond acceptors (Lipinski definition) is 3. The highest BCUT2D eigenvalue weighted by Crippen LogP contribution is 2.20. The average molecular weight is 277 g/mol. The second-order valence-corrected chi connectivity index (χ2v) is 4.91. The van der Waals surface area contributed by atoms with Crippen molar-refractivity contribution in [2.24, 2.45) is 5.73 Å². The van der Waals surface area contributed by atoms with Gasteiger partial charge in [0.2, 0.25) is 0 Å². The Bertz CT molecular complexity index is 517. The zero-order valence-electron chi connectivity index (χ0n) is 10.8. The maximum Gasteiger partial charge on any atom is 0.115 e. The van der Waals surface area contributed by atoms with Crippen LogP contribution >= 0.6 is 11.6 Å². The number of nitrogens with zero attached hydrogens (tertiary/aromatic N) is 1. The smallest absolute Gasteiger partial charge is 0.115 e. The van der Waals surface area contributed by atoms with Crippen molar-refractivity contribution >= 4 is 11.6 Å². The highest BCUT2D eigenvalue weighted by Gasteiger charge is 2.18. The standard InChI is InChI=1S/C15H17ClN2O/c1-11(17)15(14-7-2-3-8-18-14)19-10-12-5-4-6-13(16)9-12/h2-9,11,15H,10,17H2,1H3. The molecule has 0 aliphatic heterocycles. The summed E-state index contributed by atoms with van der Waals surface area (Å²) in [6, 6.07) is 13.2. The summed E-state index contributed by atoms with van der Waals surface area (Å²) < 4.78 is 5.88. The lowest BCUT2D eigenvalue weighted by atomic mass is 10.1. The molecule has 0 radical (unpaired) electrons. The van der Waals surface area contributed by atoms with Crippen molar-refractivity contribution in [3.63, 3.8) is 0 Å². The van der Waals surface area contributed by atoms with Crippen molar-refractivity contribution in [3.8, 4) is 0 Å². The minimum atomic E-state index is -0.222. The Hall–Kier alpha value is -1.42. The zero-order chi connectivity index (χ0) is 13.7. The Kier molecular flexibility index (Phi) is 4.91. The third-order valence-corrected chi connectivity index (χ3v) is 3.01. The highest BCUT2D eigenvalue weighted by molar-refractivity contribution is 6.30. The number of aromatic nitrogens is 1. The van der Waals surface area contributed by atoms with Gasteiger partial charge in [0.05, 0.1) is 12.3 Å². The first-order valence-electron chi connectivity index (χ1n) is 6.19. The van der Waals surface area contributed by atoms with Gasteiger partial charge in [-0.3, -0.25) is 4.98 Å². The van der Waals surface area contributed by atoms with E-state index in [0.29, 0.717) is 11.6 Å². The van der Waals surface area contributed by atoms with Crippen LogP contribution in [0.4, 0.5) is 0 Å². The van der Waals surface area contributed by atoms with Gasteiger partial charge in [-0.1, -0.05) is 29.8 Å². The maximum atomic E-state index is 5.97. The largest absolute Gasteiger partial charge is 0.366 e. The van der Waals surface area contributed by atoms with Gasteiger partial charge in [-0.15, -0.1) is 0 Å². The Balaban J connectivity index is 2.06. The fourth-order valence-electron chi connectivity index (χ4n) is 1.86. The second-order valence-electron chi connectivity index (χ2n) is 4.48. The third kappa shape index (κ3) is 4.03. The van der Waals surface area contributed by atoms with Crippen molar-refractivity contribution in [1.29, 1.82) is 0 Å². The van der Waals surface area contributed by atoms with Crippen LogP contribution in [0.1, 0.15) is 24.3 Å². The van der Waals surface area contributed by atoms with E-state index in [1.54, 1.807) is 6.20 Å². The molecule has 0 bridgehead atoms. The lowest BCUT2D eigenvalue weighted by Crippen LogP contribution is -2.27. The first-order valence-corrected chi connectivity index (χ1v) is 6.57. The number of ether oxygens (including phenoxy) is 1. The first kappa shape index (κ1) is 14.0. The van der Waals surface area contributed by atoms with Crippen LogP contribution in [0, 0.1) is 0 Å². The van der Waals surface area contributed by atoms with Gasteiger partial charge in [-0.2, -0.15) is 0 Å². The fraction of sp³-hybridized carbons (Fsp3) is 0.267. The minimum Gasteiger partial charge on any atom is -0.366 e. The molecule has 3 nitrogen and oxygen atoms in total. The molecule has 1 aromatic carbocycles. The number of rotatable bonds is 5. The quantitative estimate of drug-likeness (QED) is 0.911. The SMILES string of the molecule is CC(N)C(OCc1cccc(Cl)c1)c1ccccn1. The van der Waals surface area contributed by atoms with E-state index in [1.807, 2.05) is 49.4 Å². The summed E-state index contributed by atoms with van der Waals surface area (Å²) in [4.78, 5) is 4.30. The molecule has 2 aromatic rings. The van der Waals surface area contributed by atoms with Gasteiger partial charge >= 0.3 is 0 Å². The van der Waals surface area contributed by atoms with Crippen molar-refractivity contribution in [2.75, 3.05) is 0 Å². The molecule has 0 aliphatic rings. The van der Waals surface area contributed by atoms with Crippen LogP contribution in [-0.4, -0.2) is 11.0 Å². The molecule has 1 heterocycles. The number of hydrogen-bond donors (Lipinski definition) is 1. The zero-order valence-corrected chi connectivity index (χ0v) is 11.5. The van der Waals surface area contributed by atoms with Gasteiger partial charge in [0.15, 0.2) is 0 Å². The molecule has 100 valence electrons. The summed E-state index contributed by atoms with van der Waals surface area (Å²) in [6.07, 6.45) is 1.52. The van der Waals surface area contributed by atoms with E-state index in [0.717, 1.165) is 11.3 Å². The van der Waals surface area contributed by atoms with E-state index in [-0.39, 0.29) is 12.1 Å². The van der Waals surface area contributed by atoms with Crippen LogP contribution in [0.3, 0.4) is 0 Å². The van der Waals surface area contributed by atoms with Gasteiger partial charge in [-0.25, -0.2) is 0 Å². The molecule has 4 heteroatoms. The molecule has 19 heavy (non-hydrogen) atoms. The molecule has 2 atom stereocenters. The first-order chi connectivity index (χ1) is 9.16. The van der Waals surface area contributed by atoms with Crippen molar-refractivity contribution < 1.29 is 4.74 Å². The number of halogens is 1. The molecule has 1 aromatic heterocycles. The highest BCUT2D eigenvalue weighted by atomic mass is 35.5. The normalized spacial score (nSPS) is 14.1. The third-order valence-electron chi connectivity index (χ3n) is 2.78. The van der Waals surface area contributed by atoms with Crippen molar-refractivity contribution in [2.45, 2.75) is 25.7 Å². The Morgan fingerprint density at radius 1 is 1.26 bits per heavy atom. The molecule has 2 rings (SSSR count). The molecule has 2 unspecified atom stereocenters. The summed E-state index contributed by atoms with van der Waals surface area (Å²) in [5, 5.41) is 0.705. The van der Waals surface area contributed by atoms with E-state index in [9.17, 15) is 0 Å². The summed E-state index contributed by atoms with van der Waals surface area (Å²) in [6.45, 7) is 2.38. The molecular weight excluding hydrogens is 260 g/mol. The van der Waals surface area contributed by atoms with Crippen LogP contribution in [-0.2, 0) is 11.3 Å². The minimum absolute atomic E-state index is 0.130. The molecule has 2 N–H and O–H groups in total. The molecular formula is C15H17ClN2O. The lowest BCUT2D eigenvalue weighted by Gasteiger charge is -2.21. The fourth-order valence-corrected chi connectivity index (χ4v) is 2.08. The molecule has 0 aliphatic carbocycles. The molecule has 0 amide bonds. The molecule has 0 saturated carbocycles. The second kappa shape index (κ2) is 6.66.